The third kappa shape index (κ3) is 5.15. The lowest BCUT2D eigenvalue weighted by atomic mass is 9.99. The highest BCUT2D eigenvalue weighted by Gasteiger charge is 2.40. The molecule has 0 aromatic heterocycles. The summed E-state index contributed by atoms with van der Waals surface area (Å²) in [4.78, 5) is 50.2. The molecule has 3 amide bonds. The van der Waals surface area contributed by atoms with Crippen molar-refractivity contribution >= 4 is 23.7 Å². The first-order chi connectivity index (χ1) is 12.8. The minimum absolute atomic E-state index is 0.00642. The van der Waals surface area contributed by atoms with Crippen LogP contribution in [0.25, 0.3) is 0 Å². The number of nitrogens with zero attached hydrogens (tertiary/aromatic N) is 1. The van der Waals surface area contributed by atoms with Crippen LogP contribution in [0, 0.1) is 5.92 Å². The van der Waals surface area contributed by atoms with Crippen molar-refractivity contribution in [3.8, 4) is 0 Å². The first-order valence-electron chi connectivity index (χ1n) is 9.24. The molecular formula is C20H26N2O5. The average molecular weight is 374 g/mol. The smallest absolute Gasteiger partial charge is 0.307 e. The molecule has 0 saturated heterocycles. The molecule has 0 radical (unpaired) electrons. The number of fused-ring (bicyclic) bond motifs is 1. The number of amides is 3. The van der Waals surface area contributed by atoms with Crippen molar-refractivity contribution < 1.29 is 23.9 Å². The maximum atomic E-state index is 12.7. The molecule has 0 bridgehead atoms. The van der Waals surface area contributed by atoms with E-state index < -0.39 is 6.04 Å². The number of carbonyl (C=O) groups excluding carboxylic acids is 4. The van der Waals surface area contributed by atoms with Crippen molar-refractivity contribution in [3.05, 3.63) is 35.4 Å². The van der Waals surface area contributed by atoms with E-state index in [9.17, 15) is 19.2 Å². The molecule has 0 spiro atoms. The van der Waals surface area contributed by atoms with Gasteiger partial charge in [0.2, 0.25) is 5.91 Å². The molecule has 1 aliphatic rings. The van der Waals surface area contributed by atoms with E-state index in [0.29, 0.717) is 24.2 Å². The van der Waals surface area contributed by atoms with E-state index in [1.807, 2.05) is 13.8 Å². The molecule has 0 saturated carbocycles. The van der Waals surface area contributed by atoms with Crippen LogP contribution in [0.3, 0.4) is 0 Å². The molecule has 27 heavy (non-hydrogen) atoms. The van der Waals surface area contributed by atoms with Crippen molar-refractivity contribution in [2.75, 3.05) is 13.2 Å². The van der Waals surface area contributed by atoms with Crippen LogP contribution in [0.4, 0.5) is 0 Å². The van der Waals surface area contributed by atoms with Gasteiger partial charge in [-0.3, -0.25) is 24.1 Å². The summed E-state index contributed by atoms with van der Waals surface area (Å²) >= 11 is 0. The van der Waals surface area contributed by atoms with Crippen molar-refractivity contribution in [2.45, 2.75) is 46.1 Å². The summed E-state index contributed by atoms with van der Waals surface area (Å²) in [6.45, 7) is 6.12. The van der Waals surface area contributed by atoms with Gasteiger partial charge in [0.1, 0.15) is 0 Å². The molecule has 0 aliphatic carbocycles. The van der Waals surface area contributed by atoms with Crippen LogP contribution in [0.5, 0.6) is 0 Å². The quantitative estimate of drug-likeness (QED) is 0.528. The van der Waals surface area contributed by atoms with Crippen LogP contribution in [-0.2, 0) is 14.3 Å². The monoisotopic (exact) mass is 374 g/mol. The van der Waals surface area contributed by atoms with E-state index >= 15 is 0 Å². The second-order valence-corrected chi connectivity index (χ2v) is 6.92. The number of esters is 1. The number of nitrogens with one attached hydrogen (secondary N) is 1. The molecule has 1 atom stereocenters. The third-order valence-corrected chi connectivity index (χ3v) is 4.31. The highest BCUT2D eigenvalue weighted by Crippen LogP contribution is 2.28. The van der Waals surface area contributed by atoms with Crippen LogP contribution in [-0.4, -0.2) is 47.8 Å². The summed E-state index contributed by atoms with van der Waals surface area (Å²) in [6, 6.07) is 6.16. The first-order valence-corrected chi connectivity index (χ1v) is 9.24. The predicted molar refractivity (Wildman–Crippen MR) is 99.1 cm³/mol. The van der Waals surface area contributed by atoms with Crippen LogP contribution >= 0.6 is 0 Å². The number of imide groups is 1. The molecule has 0 fully saturated rings. The molecule has 7 nitrogen and oxygen atoms in total. The summed E-state index contributed by atoms with van der Waals surface area (Å²) < 4.78 is 4.81. The largest absolute Gasteiger partial charge is 0.466 e. The Balaban J connectivity index is 2.04. The molecule has 0 unspecified atom stereocenters. The van der Waals surface area contributed by atoms with Crippen molar-refractivity contribution in [2.24, 2.45) is 5.92 Å². The van der Waals surface area contributed by atoms with Gasteiger partial charge in [-0.05, 0) is 31.4 Å². The van der Waals surface area contributed by atoms with E-state index in [-0.39, 0.29) is 49.0 Å². The molecular weight excluding hydrogens is 348 g/mol. The van der Waals surface area contributed by atoms with E-state index in [0.717, 1.165) is 0 Å². The Bertz CT molecular complexity index is 694. The van der Waals surface area contributed by atoms with Gasteiger partial charge in [0.05, 0.1) is 24.2 Å². The Morgan fingerprint density at radius 3 is 2.22 bits per heavy atom. The maximum absolute atomic E-state index is 12.7. The van der Waals surface area contributed by atoms with Crippen LogP contribution in [0.15, 0.2) is 24.3 Å². The lowest BCUT2D eigenvalue weighted by Gasteiger charge is -2.27. The highest BCUT2D eigenvalue weighted by atomic mass is 16.5. The van der Waals surface area contributed by atoms with Crippen molar-refractivity contribution in [3.63, 3.8) is 0 Å². The topological polar surface area (TPSA) is 92.8 Å². The fourth-order valence-electron chi connectivity index (χ4n) is 3.19. The maximum Gasteiger partial charge on any atom is 0.307 e. The minimum atomic E-state index is -0.528. The summed E-state index contributed by atoms with van der Waals surface area (Å²) in [6.07, 6.45) is 0.616. The van der Waals surface area contributed by atoms with Gasteiger partial charge in [-0.1, -0.05) is 26.0 Å². The zero-order chi connectivity index (χ0) is 20.0. The number of hydrogen-bond donors (Lipinski definition) is 1. The fraction of sp³-hybridized carbons (Fsp3) is 0.500. The van der Waals surface area contributed by atoms with E-state index in [2.05, 4.69) is 5.32 Å². The van der Waals surface area contributed by atoms with Crippen LogP contribution in [0.2, 0.25) is 0 Å². The lowest BCUT2D eigenvalue weighted by Crippen LogP contribution is -2.43. The van der Waals surface area contributed by atoms with Gasteiger partial charge in [-0.2, -0.15) is 0 Å². The van der Waals surface area contributed by atoms with E-state index in [4.69, 9.17) is 4.74 Å². The molecule has 7 heteroatoms. The van der Waals surface area contributed by atoms with Gasteiger partial charge in [0, 0.05) is 19.0 Å². The summed E-state index contributed by atoms with van der Waals surface area (Å²) in [5.74, 6) is -1.20. The molecule has 1 aromatic carbocycles. The number of benzene rings is 1. The SMILES string of the molecule is CCOC(=O)CCNC(=O)C[C@H](CC(C)C)N1C(=O)c2ccccc2C1=O. The standard InChI is InChI=1S/C20H26N2O5/c1-4-27-18(24)9-10-21-17(23)12-14(11-13(2)3)22-19(25)15-7-5-6-8-16(15)20(22)26/h5-8,13-14H,4,9-12H2,1-3H3,(H,21,23)/t14-/m0/s1. The molecule has 1 aromatic rings. The molecule has 146 valence electrons. The molecule has 1 heterocycles. The Kier molecular flexibility index (Phi) is 7.10. The second kappa shape index (κ2) is 9.30. The number of hydrogen-bond acceptors (Lipinski definition) is 5. The first kappa shape index (κ1) is 20.6. The summed E-state index contributed by atoms with van der Waals surface area (Å²) in [5, 5.41) is 2.66. The Labute approximate surface area is 159 Å². The number of ether oxygens (including phenoxy) is 1. The van der Waals surface area contributed by atoms with E-state index in [1.54, 1.807) is 31.2 Å². The minimum Gasteiger partial charge on any atom is -0.466 e. The Morgan fingerprint density at radius 1 is 1.11 bits per heavy atom. The zero-order valence-electron chi connectivity index (χ0n) is 16.0. The summed E-state index contributed by atoms with van der Waals surface area (Å²) in [7, 11) is 0. The Hall–Kier alpha value is -2.70. The van der Waals surface area contributed by atoms with Crippen molar-refractivity contribution in [1.29, 1.82) is 0 Å². The second-order valence-electron chi connectivity index (χ2n) is 6.92. The summed E-state index contributed by atoms with van der Waals surface area (Å²) in [5.41, 5.74) is 0.748. The van der Waals surface area contributed by atoms with E-state index in [1.165, 1.54) is 4.90 Å². The molecule has 2 rings (SSSR count). The van der Waals surface area contributed by atoms with Gasteiger partial charge in [0.15, 0.2) is 0 Å². The number of carbonyl (C=O) groups is 4. The average Bonchev–Trinajstić information content (AvgIpc) is 2.85. The highest BCUT2D eigenvalue weighted by molar-refractivity contribution is 6.21. The van der Waals surface area contributed by atoms with Gasteiger partial charge in [0.25, 0.3) is 11.8 Å². The van der Waals surface area contributed by atoms with Gasteiger partial charge in [-0.25, -0.2) is 0 Å². The third-order valence-electron chi connectivity index (χ3n) is 4.31. The molecule has 1 N–H and O–H groups in total. The number of rotatable bonds is 9. The lowest BCUT2D eigenvalue weighted by molar-refractivity contribution is -0.143. The van der Waals surface area contributed by atoms with Gasteiger partial charge >= 0.3 is 5.97 Å². The van der Waals surface area contributed by atoms with Crippen LogP contribution in [0.1, 0.15) is 60.7 Å². The van der Waals surface area contributed by atoms with Crippen molar-refractivity contribution in [1.82, 2.24) is 10.2 Å². The normalized spacial score (nSPS) is 14.3. The Morgan fingerprint density at radius 2 is 1.70 bits per heavy atom. The van der Waals surface area contributed by atoms with Gasteiger partial charge in [-0.15, -0.1) is 0 Å². The molecule has 1 aliphatic heterocycles. The van der Waals surface area contributed by atoms with Gasteiger partial charge < -0.3 is 10.1 Å². The predicted octanol–water partition coefficient (Wildman–Crippen LogP) is 2.16. The fourth-order valence-corrected chi connectivity index (χ4v) is 3.19. The zero-order valence-corrected chi connectivity index (χ0v) is 16.0. The van der Waals surface area contributed by atoms with Crippen LogP contribution < -0.4 is 5.32 Å².